The summed E-state index contributed by atoms with van der Waals surface area (Å²) in [5, 5.41) is 6.55. The molecule has 0 spiro atoms. The summed E-state index contributed by atoms with van der Waals surface area (Å²) < 4.78 is 10.4. The highest BCUT2D eigenvalue weighted by atomic mass is 35.5. The minimum atomic E-state index is -0.294. The van der Waals surface area contributed by atoms with Gasteiger partial charge in [0.15, 0.2) is 11.5 Å². The maximum Gasteiger partial charge on any atom is 0.257 e. The van der Waals surface area contributed by atoms with Gasteiger partial charge < -0.3 is 20.1 Å². The Hall–Kier alpha value is -3.25. The summed E-state index contributed by atoms with van der Waals surface area (Å²) in [6, 6.07) is 14.2. The van der Waals surface area contributed by atoms with Gasteiger partial charge in [-0.25, -0.2) is 0 Å². The number of carbonyl (C=O) groups is 1. The molecule has 1 heterocycles. The van der Waals surface area contributed by atoms with Crippen molar-refractivity contribution in [1.29, 1.82) is 0 Å². The summed E-state index contributed by atoms with van der Waals surface area (Å²) in [5.74, 6) is 0.822. The number of hydrogen-bond donors (Lipinski definition) is 2. The van der Waals surface area contributed by atoms with Crippen LogP contribution in [-0.2, 0) is 0 Å². The number of nitrogens with one attached hydrogen (secondary N) is 2. The zero-order valence-corrected chi connectivity index (χ0v) is 15.6. The third kappa shape index (κ3) is 4.48. The van der Waals surface area contributed by atoms with Gasteiger partial charge in [-0.2, -0.15) is 0 Å². The van der Waals surface area contributed by atoms with Crippen LogP contribution in [-0.4, -0.2) is 25.1 Å². The molecule has 0 radical (unpaired) electrons. The van der Waals surface area contributed by atoms with E-state index in [2.05, 4.69) is 15.6 Å². The first-order valence-electron chi connectivity index (χ1n) is 8.10. The molecule has 2 aromatic carbocycles. The number of halogens is 1. The van der Waals surface area contributed by atoms with Crippen LogP contribution in [0.25, 0.3) is 0 Å². The maximum absolute atomic E-state index is 12.6. The van der Waals surface area contributed by atoms with Gasteiger partial charge in [-0.3, -0.25) is 9.78 Å². The summed E-state index contributed by atoms with van der Waals surface area (Å²) in [6.45, 7) is 0. The van der Waals surface area contributed by atoms with Crippen LogP contribution in [0.2, 0.25) is 5.02 Å². The highest BCUT2D eigenvalue weighted by Gasteiger charge is 2.11. The molecule has 7 heteroatoms. The Kier molecular flexibility index (Phi) is 5.78. The van der Waals surface area contributed by atoms with Gasteiger partial charge in [0.2, 0.25) is 0 Å². The molecule has 0 bridgehead atoms. The van der Waals surface area contributed by atoms with E-state index < -0.39 is 0 Å². The lowest BCUT2D eigenvalue weighted by molar-refractivity contribution is 0.102. The van der Waals surface area contributed by atoms with E-state index >= 15 is 0 Å². The van der Waals surface area contributed by atoms with Gasteiger partial charge in [0.05, 0.1) is 42.4 Å². The van der Waals surface area contributed by atoms with E-state index in [1.54, 1.807) is 43.6 Å². The van der Waals surface area contributed by atoms with Crippen molar-refractivity contribution in [2.45, 2.75) is 0 Å². The van der Waals surface area contributed by atoms with E-state index in [4.69, 9.17) is 21.1 Å². The number of aromatic nitrogens is 1. The first-order valence-corrected chi connectivity index (χ1v) is 8.48. The minimum Gasteiger partial charge on any atom is -0.493 e. The summed E-state index contributed by atoms with van der Waals surface area (Å²) in [6.07, 6.45) is 3.12. The summed E-state index contributed by atoms with van der Waals surface area (Å²) in [7, 11) is 3.09. The highest BCUT2D eigenvalue weighted by molar-refractivity contribution is 6.33. The summed E-state index contributed by atoms with van der Waals surface area (Å²) in [5.41, 5.74) is 2.38. The smallest absolute Gasteiger partial charge is 0.257 e. The van der Waals surface area contributed by atoms with E-state index in [9.17, 15) is 4.79 Å². The van der Waals surface area contributed by atoms with Crippen LogP contribution in [0.1, 0.15) is 10.4 Å². The topological polar surface area (TPSA) is 72.5 Å². The van der Waals surface area contributed by atoms with E-state index in [1.165, 1.54) is 13.3 Å². The maximum atomic E-state index is 12.6. The highest BCUT2D eigenvalue weighted by Crippen LogP contribution is 2.30. The van der Waals surface area contributed by atoms with Gasteiger partial charge in [0, 0.05) is 18.0 Å². The molecule has 0 aliphatic heterocycles. The predicted molar refractivity (Wildman–Crippen MR) is 106 cm³/mol. The number of rotatable bonds is 6. The zero-order chi connectivity index (χ0) is 19.2. The Bertz CT molecular complexity index is 963. The van der Waals surface area contributed by atoms with Gasteiger partial charge in [-0.1, -0.05) is 23.7 Å². The van der Waals surface area contributed by atoms with Gasteiger partial charge in [-0.05, 0) is 30.3 Å². The Balaban J connectivity index is 1.77. The van der Waals surface area contributed by atoms with E-state index in [-0.39, 0.29) is 5.91 Å². The van der Waals surface area contributed by atoms with Crippen molar-refractivity contribution < 1.29 is 14.3 Å². The Morgan fingerprint density at radius 2 is 1.74 bits per heavy atom. The molecule has 0 atom stereocenters. The van der Waals surface area contributed by atoms with E-state index in [0.717, 1.165) is 5.69 Å². The summed E-state index contributed by atoms with van der Waals surface area (Å²) >= 11 is 6.15. The van der Waals surface area contributed by atoms with Gasteiger partial charge >= 0.3 is 0 Å². The van der Waals surface area contributed by atoms with E-state index in [0.29, 0.717) is 33.5 Å². The molecule has 1 aromatic heterocycles. The number of methoxy groups -OCH3 is 2. The molecule has 27 heavy (non-hydrogen) atoms. The van der Waals surface area contributed by atoms with Crippen molar-refractivity contribution in [3.05, 3.63) is 71.5 Å². The molecule has 0 unspecified atom stereocenters. The molecular weight excluding hydrogens is 366 g/mol. The van der Waals surface area contributed by atoms with Crippen LogP contribution in [0.5, 0.6) is 11.5 Å². The van der Waals surface area contributed by atoms with Crippen molar-refractivity contribution in [2.75, 3.05) is 24.9 Å². The van der Waals surface area contributed by atoms with Crippen molar-refractivity contribution in [1.82, 2.24) is 4.98 Å². The lowest BCUT2D eigenvalue weighted by atomic mass is 10.2. The third-order valence-corrected chi connectivity index (χ3v) is 4.12. The molecule has 0 aliphatic carbocycles. The fraction of sp³-hybridized carbons (Fsp3) is 0.100. The van der Waals surface area contributed by atoms with Crippen molar-refractivity contribution in [3.8, 4) is 11.5 Å². The largest absolute Gasteiger partial charge is 0.493 e. The lowest BCUT2D eigenvalue weighted by Gasteiger charge is -2.11. The first kappa shape index (κ1) is 18.5. The average Bonchev–Trinajstić information content (AvgIpc) is 2.70. The number of ether oxygens (including phenoxy) is 2. The number of benzene rings is 2. The van der Waals surface area contributed by atoms with Crippen molar-refractivity contribution in [2.24, 2.45) is 0 Å². The second kappa shape index (κ2) is 8.42. The molecule has 3 rings (SSSR count). The molecule has 0 aliphatic rings. The van der Waals surface area contributed by atoms with Crippen LogP contribution in [0.4, 0.5) is 17.1 Å². The molecule has 2 N–H and O–H groups in total. The van der Waals surface area contributed by atoms with Crippen molar-refractivity contribution in [3.63, 3.8) is 0 Å². The zero-order valence-electron chi connectivity index (χ0n) is 14.8. The van der Waals surface area contributed by atoms with Crippen LogP contribution < -0.4 is 20.1 Å². The number of para-hydroxylation sites is 1. The van der Waals surface area contributed by atoms with Gasteiger partial charge in [0.1, 0.15) is 0 Å². The molecule has 6 nitrogen and oxygen atoms in total. The monoisotopic (exact) mass is 383 g/mol. The average molecular weight is 384 g/mol. The standard InChI is InChI=1S/C20H18ClN3O3/c1-26-18-8-7-14(10-19(18)27-2)24-20(25)13-9-15(12-22-11-13)23-17-6-4-3-5-16(17)21/h3-12,23H,1-2H3,(H,24,25). The Labute approximate surface area is 162 Å². The number of anilines is 3. The number of nitrogens with zero attached hydrogens (tertiary/aromatic N) is 1. The quantitative estimate of drug-likeness (QED) is 0.642. The molecule has 138 valence electrons. The third-order valence-electron chi connectivity index (χ3n) is 3.79. The summed E-state index contributed by atoms with van der Waals surface area (Å²) in [4.78, 5) is 16.7. The fourth-order valence-electron chi connectivity index (χ4n) is 2.47. The number of pyridine rings is 1. The Morgan fingerprint density at radius 1 is 0.963 bits per heavy atom. The predicted octanol–water partition coefficient (Wildman–Crippen LogP) is 4.75. The number of carbonyl (C=O) groups excluding carboxylic acids is 1. The number of hydrogen-bond acceptors (Lipinski definition) is 5. The molecule has 0 saturated heterocycles. The van der Waals surface area contributed by atoms with E-state index in [1.807, 2.05) is 18.2 Å². The van der Waals surface area contributed by atoms with Crippen LogP contribution in [0.3, 0.4) is 0 Å². The van der Waals surface area contributed by atoms with Crippen LogP contribution in [0.15, 0.2) is 60.9 Å². The Morgan fingerprint density at radius 3 is 2.48 bits per heavy atom. The molecular formula is C20H18ClN3O3. The van der Waals surface area contributed by atoms with Gasteiger partial charge in [-0.15, -0.1) is 0 Å². The molecule has 3 aromatic rings. The normalized spacial score (nSPS) is 10.2. The number of amides is 1. The molecule has 0 saturated carbocycles. The van der Waals surface area contributed by atoms with Crippen LogP contribution in [0, 0.1) is 0 Å². The fourth-order valence-corrected chi connectivity index (χ4v) is 2.65. The molecule has 0 fully saturated rings. The first-order chi connectivity index (χ1) is 13.1. The second-order valence-electron chi connectivity index (χ2n) is 5.59. The van der Waals surface area contributed by atoms with Crippen molar-refractivity contribution >= 4 is 34.6 Å². The minimum absolute atomic E-state index is 0.294. The van der Waals surface area contributed by atoms with Crippen LogP contribution >= 0.6 is 11.6 Å². The second-order valence-corrected chi connectivity index (χ2v) is 6.00. The van der Waals surface area contributed by atoms with Gasteiger partial charge in [0.25, 0.3) is 5.91 Å². The SMILES string of the molecule is COc1ccc(NC(=O)c2cncc(Nc3ccccc3Cl)c2)cc1OC. The lowest BCUT2D eigenvalue weighted by Crippen LogP contribution is -2.12. The molecule has 1 amide bonds.